The highest BCUT2D eigenvalue weighted by molar-refractivity contribution is 5.81. The predicted octanol–water partition coefficient (Wildman–Crippen LogP) is 4.02. The van der Waals surface area contributed by atoms with E-state index < -0.39 is 0 Å². The van der Waals surface area contributed by atoms with Gasteiger partial charge in [-0.1, -0.05) is 39.0 Å². The van der Waals surface area contributed by atoms with Crippen molar-refractivity contribution in [3.8, 4) is 0 Å². The van der Waals surface area contributed by atoms with Gasteiger partial charge in [-0.3, -0.25) is 0 Å². The van der Waals surface area contributed by atoms with E-state index in [1.165, 1.54) is 10.9 Å². The van der Waals surface area contributed by atoms with Crippen molar-refractivity contribution >= 4 is 11.0 Å². The molecule has 0 unspecified atom stereocenters. The van der Waals surface area contributed by atoms with Crippen molar-refractivity contribution in [3.63, 3.8) is 0 Å². The molecule has 1 aromatic heterocycles. The smallest absolute Gasteiger partial charge is 0.137 e. The van der Waals surface area contributed by atoms with E-state index in [0.717, 1.165) is 30.9 Å². The molecule has 0 bridgehead atoms. The van der Waals surface area contributed by atoms with Crippen LogP contribution < -0.4 is 5.32 Å². The van der Waals surface area contributed by atoms with E-state index in [1.54, 1.807) is 0 Å². The third-order valence-corrected chi connectivity index (χ3v) is 3.58. The zero-order chi connectivity index (χ0) is 13.2. The Morgan fingerprint density at radius 3 is 2.72 bits per heavy atom. The van der Waals surface area contributed by atoms with Gasteiger partial charge < -0.3 is 9.73 Å². The lowest BCUT2D eigenvalue weighted by Gasteiger charge is -2.21. The van der Waals surface area contributed by atoms with Gasteiger partial charge in [-0.2, -0.15) is 0 Å². The van der Waals surface area contributed by atoms with Crippen LogP contribution in [-0.4, -0.2) is 13.1 Å². The van der Waals surface area contributed by atoms with Crippen LogP contribution in [-0.2, 0) is 5.41 Å². The minimum absolute atomic E-state index is 0.0770. The Kier molecular flexibility index (Phi) is 3.76. The molecule has 98 valence electrons. The summed E-state index contributed by atoms with van der Waals surface area (Å²) >= 11 is 0. The van der Waals surface area contributed by atoms with Crippen LogP contribution in [0.4, 0.5) is 0 Å². The Morgan fingerprint density at radius 1 is 1.28 bits per heavy atom. The van der Waals surface area contributed by atoms with Crippen molar-refractivity contribution in [2.45, 2.75) is 39.5 Å². The van der Waals surface area contributed by atoms with Gasteiger partial charge in [0.25, 0.3) is 0 Å². The van der Waals surface area contributed by atoms with E-state index in [2.05, 4.69) is 57.3 Å². The maximum atomic E-state index is 6.07. The molecule has 2 heteroatoms. The molecule has 0 aliphatic heterocycles. The molecule has 1 N–H and O–H groups in total. The lowest BCUT2D eigenvalue weighted by molar-refractivity contribution is 0.372. The molecule has 0 saturated heterocycles. The molecule has 0 spiro atoms. The minimum Gasteiger partial charge on any atom is -0.460 e. The molecule has 0 saturated carbocycles. The summed E-state index contributed by atoms with van der Waals surface area (Å²) in [6, 6.07) is 8.49. The van der Waals surface area contributed by atoms with Crippen LogP contribution in [0.25, 0.3) is 11.0 Å². The first-order chi connectivity index (χ1) is 8.54. The Hall–Kier alpha value is -1.28. The number of fused-ring (bicyclic) bond motifs is 1. The second-order valence-corrected chi connectivity index (χ2v) is 5.59. The predicted molar refractivity (Wildman–Crippen MR) is 77.1 cm³/mol. The van der Waals surface area contributed by atoms with Crippen molar-refractivity contribution in [2.75, 3.05) is 13.1 Å². The number of nitrogens with one attached hydrogen (secondary N) is 1. The monoisotopic (exact) mass is 245 g/mol. The fraction of sp³-hybridized carbons (Fsp3) is 0.500. The summed E-state index contributed by atoms with van der Waals surface area (Å²) in [6.45, 7) is 10.8. The van der Waals surface area contributed by atoms with E-state index in [0.29, 0.717) is 0 Å². The van der Waals surface area contributed by atoms with Gasteiger partial charge in [0.1, 0.15) is 11.3 Å². The molecule has 1 heterocycles. The van der Waals surface area contributed by atoms with Crippen LogP contribution in [0.1, 0.15) is 38.5 Å². The van der Waals surface area contributed by atoms with Gasteiger partial charge in [0.2, 0.25) is 0 Å². The number of aryl methyl sites for hydroxylation is 1. The first-order valence-electron chi connectivity index (χ1n) is 6.75. The second kappa shape index (κ2) is 5.15. The highest BCUT2D eigenvalue weighted by Crippen LogP contribution is 2.32. The summed E-state index contributed by atoms with van der Waals surface area (Å²) in [5, 5.41) is 4.59. The van der Waals surface area contributed by atoms with Crippen molar-refractivity contribution in [1.82, 2.24) is 5.32 Å². The number of hydrogen-bond donors (Lipinski definition) is 1. The number of benzene rings is 1. The number of hydrogen-bond acceptors (Lipinski definition) is 2. The van der Waals surface area contributed by atoms with Crippen LogP contribution in [0.2, 0.25) is 0 Å². The topological polar surface area (TPSA) is 25.2 Å². The summed E-state index contributed by atoms with van der Waals surface area (Å²) in [7, 11) is 0. The summed E-state index contributed by atoms with van der Waals surface area (Å²) in [4.78, 5) is 0. The quantitative estimate of drug-likeness (QED) is 0.805. The van der Waals surface area contributed by atoms with Crippen LogP contribution >= 0.6 is 0 Å². The van der Waals surface area contributed by atoms with Crippen LogP contribution in [0.5, 0.6) is 0 Å². The lowest BCUT2D eigenvalue weighted by atomic mass is 9.86. The maximum Gasteiger partial charge on any atom is 0.137 e. The average Bonchev–Trinajstić information content (AvgIpc) is 2.75. The van der Waals surface area contributed by atoms with Gasteiger partial charge >= 0.3 is 0 Å². The molecule has 2 rings (SSSR count). The fourth-order valence-electron chi connectivity index (χ4n) is 2.24. The highest BCUT2D eigenvalue weighted by Gasteiger charge is 2.24. The average molecular weight is 245 g/mol. The standard InChI is InChI=1S/C16H23NO/c1-5-17-10-9-16(3,4)14-11-13-8-6-7-12(2)15(13)18-14/h6-8,11,17H,5,9-10H2,1-4H3. The van der Waals surface area contributed by atoms with Gasteiger partial charge in [0, 0.05) is 10.8 Å². The summed E-state index contributed by atoms with van der Waals surface area (Å²) in [5.74, 6) is 1.09. The van der Waals surface area contributed by atoms with Crippen molar-refractivity contribution in [1.29, 1.82) is 0 Å². The first-order valence-corrected chi connectivity index (χ1v) is 6.75. The van der Waals surface area contributed by atoms with Gasteiger partial charge in [-0.25, -0.2) is 0 Å². The largest absolute Gasteiger partial charge is 0.460 e. The van der Waals surface area contributed by atoms with Gasteiger partial charge in [-0.15, -0.1) is 0 Å². The van der Waals surface area contributed by atoms with Crippen molar-refractivity contribution in [2.24, 2.45) is 0 Å². The van der Waals surface area contributed by atoms with E-state index in [4.69, 9.17) is 4.42 Å². The molecule has 2 nitrogen and oxygen atoms in total. The van der Waals surface area contributed by atoms with E-state index in [-0.39, 0.29) is 5.41 Å². The van der Waals surface area contributed by atoms with E-state index in [9.17, 15) is 0 Å². The molecule has 0 amide bonds. The van der Waals surface area contributed by atoms with Gasteiger partial charge in [0.05, 0.1) is 0 Å². The molecule has 18 heavy (non-hydrogen) atoms. The van der Waals surface area contributed by atoms with E-state index >= 15 is 0 Å². The van der Waals surface area contributed by atoms with Crippen molar-refractivity contribution in [3.05, 3.63) is 35.6 Å². The van der Waals surface area contributed by atoms with E-state index in [1.807, 2.05) is 0 Å². The molecule has 0 radical (unpaired) electrons. The number of para-hydroxylation sites is 1. The first kappa shape index (κ1) is 13.2. The zero-order valence-corrected chi connectivity index (χ0v) is 11.8. The molecule has 0 aliphatic carbocycles. The van der Waals surface area contributed by atoms with Crippen LogP contribution in [0.15, 0.2) is 28.7 Å². The Balaban J connectivity index is 2.27. The molecule has 0 fully saturated rings. The highest BCUT2D eigenvalue weighted by atomic mass is 16.3. The van der Waals surface area contributed by atoms with Gasteiger partial charge in [-0.05, 0) is 38.1 Å². The summed E-state index contributed by atoms with van der Waals surface area (Å²) in [5.41, 5.74) is 2.32. The third-order valence-electron chi connectivity index (χ3n) is 3.58. The molecule has 1 aromatic carbocycles. The number of rotatable bonds is 5. The zero-order valence-electron chi connectivity index (χ0n) is 11.8. The SMILES string of the molecule is CCNCCC(C)(C)c1cc2cccc(C)c2o1. The Bertz CT molecular complexity index is 525. The Morgan fingerprint density at radius 2 is 2.06 bits per heavy atom. The normalized spacial score (nSPS) is 12.2. The second-order valence-electron chi connectivity index (χ2n) is 5.59. The number of furan rings is 1. The fourth-order valence-corrected chi connectivity index (χ4v) is 2.24. The third kappa shape index (κ3) is 2.59. The van der Waals surface area contributed by atoms with Crippen molar-refractivity contribution < 1.29 is 4.42 Å². The van der Waals surface area contributed by atoms with Gasteiger partial charge in [0.15, 0.2) is 0 Å². The molecule has 2 aromatic rings. The van der Waals surface area contributed by atoms with Crippen LogP contribution in [0, 0.1) is 6.92 Å². The Labute approximate surface area is 109 Å². The molecular formula is C16H23NO. The van der Waals surface area contributed by atoms with Crippen LogP contribution in [0.3, 0.4) is 0 Å². The molecule has 0 aliphatic rings. The summed E-state index contributed by atoms with van der Waals surface area (Å²) in [6.07, 6.45) is 1.08. The minimum atomic E-state index is 0.0770. The summed E-state index contributed by atoms with van der Waals surface area (Å²) < 4.78 is 6.07. The maximum absolute atomic E-state index is 6.07. The molecular weight excluding hydrogens is 222 g/mol. The molecule has 0 atom stereocenters. The lowest BCUT2D eigenvalue weighted by Crippen LogP contribution is -2.24.